The van der Waals surface area contributed by atoms with Gasteiger partial charge in [0, 0.05) is 0 Å². The van der Waals surface area contributed by atoms with Crippen LogP contribution in [-0.2, 0) is 25.8 Å². The van der Waals surface area contributed by atoms with E-state index < -0.39 is 46.9 Å². The summed E-state index contributed by atoms with van der Waals surface area (Å²) in [5.74, 6) is 0. The number of benzene rings is 1. The fraction of sp³-hybridized carbons (Fsp3) is 0.562. The number of oxime groups is 1. The molecule has 158 valence electrons. The van der Waals surface area contributed by atoms with Crippen LogP contribution >= 0.6 is 11.8 Å². The summed E-state index contributed by atoms with van der Waals surface area (Å²) in [7, 11) is -4.82. The maximum Gasteiger partial charge on any atom is 0.466 e. The second kappa shape index (κ2) is 10.5. The van der Waals surface area contributed by atoms with E-state index >= 15 is 0 Å². The van der Waals surface area contributed by atoms with Crippen LogP contribution in [0.4, 0.5) is 0 Å². The second-order valence-electron chi connectivity index (χ2n) is 6.14. The van der Waals surface area contributed by atoms with Crippen LogP contribution in [0.2, 0.25) is 0 Å². The van der Waals surface area contributed by atoms with Crippen molar-refractivity contribution in [3.8, 4) is 0 Å². The van der Waals surface area contributed by atoms with Crippen molar-refractivity contribution < 1.29 is 42.4 Å². The first kappa shape index (κ1) is 23.0. The molecule has 0 aromatic heterocycles. The number of hydrogen-bond acceptors (Lipinski definition) is 10. The quantitative estimate of drug-likeness (QED) is 0.157. The highest BCUT2D eigenvalue weighted by molar-refractivity contribution is 8.14. The summed E-state index contributed by atoms with van der Waals surface area (Å²) in [4.78, 5) is 0. The Labute approximate surface area is 166 Å². The largest absolute Gasteiger partial charge is 0.466 e. The maximum absolute atomic E-state index is 10.8. The van der Waals surface area contributed by atoms with Crippen molar-refractivity contribution >= 4 is 27.2 Å². The van der Waals surface area contributed by atoms with Gasteiger partial charge in [-0.2, -0.15) is 8.42 Å². The van der Waals surface area contributed by atoms with Gasteiger partial charge in [0.1, 0.15) is 34.9 Å². The number of rotatable bonds is 8. The normalized spacial score (nSPS) is 28.9. The van der Waals surface area contributed by atoms with Gasteiger partial charge in [-0.1, -0.05) is 47.2 Å². The average Bonchev–Trinajstić information content (AvgIpc) is 2.66. The molecule has 1 heterocycles. The zero-order valence-corrected chi connectivity index (χ0v) is 16.4. The number of aryl methyl sites for hydroxylation is 1. The molecule has 5 atom stereocenters. The molecule has 0 radical (unpaired) electrons. The smallest absolute Gasteiger partial charge is 0.394 e. The summed E-state index contributed by atoms with van der Waals surface area (Å²) in [5.41, 5.74) is -0.0913. The van der Waals surface area contributed by atoms with E-state index in [1.807, 2.05) is 30.3 Å². The summed E-state index contributed by atoms with van der Waals surface area (Å²) in [6.45, 7) is -0.593. The van der Waals surface area contributed by atoms with Crippen molar-refractivity contribution in [1.82, 2.24) is 0 Å². The molecule has 1 fully saturated rings. The van der Waals surface area contributed by atoms with Gasteiger partial charge in [-0.25, -0.2) is 4.28 Å². The Morgan fingerprint density at radius 3 is 2.43 bits per heavy atom. The molecule has 1 aromatic carbocycles. The molecule has 1 aromatic rings. The Morgan fingerprint density at radius 2 is 1.82 bits per heavy atom. The highest BCUT2D eigenvalue weighted by Gasteiger charge is 2.44. The Hall–Kier alpha value is -1.25. The topological polar surface area (TPSA) is 166 Å². The molecule has 0 spiro atoms. The van der Waals surface area contributed by atoms with Crippen LogP contribution in [0.5, 0.6) is 0 Å². The van der Waals surface area contributed by atoms with Gasteiger partial charge in [0.25, 0.3) is 0 Å². The lowest BCUT2D eigenvalue weighted by molar-refractivity contribution is -0.205. The molecule has 0 aliphatic carbocycles. The molecule has 10 nitrogen and oxygen atoms in total. The van der Waals surface area contributed by atoms with E-state index in [2.05, 4.69) is 9.44 Å². The number of ether oxygens (including phenoxy) is 1. The first-order valence-electron chi connectivity index (χ1n) is 8.45. The molecule has 28 heavy (non-hydrogen) atoms. The third-order valence-corrected chi connectivity index (χ3v) is 5.47. The van der Waals surface area contributed by atoms with Crippen LogP contribution in [0.25, 0.3) is 0 Å². The molecule has 1 aliphatic heterocycles. The Balaban J connectivity index is 2.05. The fourth-order valence-corrected chi connectivity index (χ4v) is 3.94. The van der Waals surface area contributed by atoms with Crippen LogP contribution in [0.3, 0.4) is 0 Å². The number of aliphatic hydroxyl groups excluding tert-OH is 4. The predicted octanol–water partition coefficient (Wildman–Crippen LogP) is -0.325. The Kier molecular flexibility index (Phi) is 8.64. The minimum atomic E-state index is -4.82. The Bertz CT molecular complexity index is 742. The summed E-state index contributed by atoms with van der Waals surface area (Å²) in [5, 5.41) is 42.5. The minimum Gasteiger partial charge on any atom is -0.394 e. The molecule has 1 aliphatic rings. The van der Waals surface area contributed by atoms with Gasteiger partial charge in [-0.05, 0) is 24.8 Å². The number of hydrogen-bond donors (Lipinski definition) is 5. The van der Waals surface area contributed by atoms with E-state index in [0.29, 0.717) is 12.8 Å². The highest BCUT2D eigenvalue weighted by atomic mass is 32.3. The van der Waals surface area contributed by atoms with Crippen LogP contribution in [0.15, 0.2) is 35.5 Å². The molecular weight excluding hydrogens is 414 g/mol. The third-order valence-electron chi connectivity index (χ3n) is 4.03. The van der Waals surface area contributed by atoms with Crippen LogP contribution in [0, 0.1) is 0 Å². The molecule has 0 bridgehead atoms. The Morgan fingerprint density at radius 1 is 1.14 bits per heavy atom. The molecule has 2 rings (SSSR count). The lowest BCUT2D eigenvalue weighted by Gasteiger charge is -2.39. The molecule has 0 amide bonds. The van der Waals surface area contributed by atoms with E-state index in [1.165, 1.54) is 0 Å². The van der Waals surface area contributed by atoms with E-state index in [0.717, 1.165) is 17.3 Å². The number of aliphatic hydroxyl groups is 4. The number of thioether (sulfide) groups is 1. The van der Waals surface area contributed by atoms with E-state index in [1.54, 1.807) is 0 Å². The monoisotopic (exact) mass is 437 g/mol. The summed E-state index contributed by atoms with van der Waals surface area (Å²) >= 11 is 0.769. The van der Waals surface area contributed by atoms with Gasteiger partial charge >= 0.3 is 10.4 Å². The van der Waals surface area contributed by atoms with Crippen LogP contribution in [0.1, 0.15) is 18.4 Å². The zero-order chi connectivity index (χ0) is 20.7. The van der Waals surface area contributed by atoms with Crippen molar-refractivity contribution in [3.05, 3.63) is 35.9 Å². The number of nitrogens with zero attached hydrogens (tertiary/aromatic N) is 1. The van der Waals surface area contributed by atoms with Crippen molar-refractivity contribution in [1.29, 1.82) is 0 Å². The van der Waals surface area contributed by atoms with Gasteiger partial charge in [0.05, 0.1) is 6.61 Å². The van der Waals surface area contributed by atoms with Crippen molar-refractivity contribution in [3.63, 3.8) is 0 Å². The third kappa shape index (κ3) is 6.97. The van der Waals surface area contributed by atoms with Crippen molar-refractivity contribution in [2.75, 3.05) is 6.61 Å². The van der Waals surface area contributed by atoms with Gasteiger partial charge in [-0.15, -0.1) is 0 Å². The summed E-state index contributed by atoms with van der Waals surface area (Å²) in [6.07, 6.45) is -4.29. The van der Waals surface area contributed by atoms with Crippen LogP contribution < -0.4 is 0 Å². The summed E-state index contributed by atoms with van der Waals surface area (Å²) < 4.78 is 39.8. The molecular formula is C16H23NO9S2. The lowest BCUT2D eigenvalue weighted by atomic mass is 10.0. The first-order chi connectivity index (χ1) is 13.2. The summed E-state index contributed by atoms with van der Waals surface area (Å²) in [6, 6.07) is 9.50. The predicted molar refractivity (Wildman–Crippen MR) is 101 cm³/mol. The molecule has 1 saturated heterocycles. The van der Waals surface area contributed by atoms with Crippen molar-refractivity contribution in [2.24, 2.45) is 5.16 Å². The molecule has 12 heteroatoms. The zero-order valence-electron chi connectivity index (χ0n) is 14.7. The maximum atomic E-state index is 10.8. The highest BCUT2D eigenvalue weighted by Crippen LogP contribution is 2.30. The molecule has 0 unspecified atom stereocenters. The van der Waals surface area contributed by atoms with Crippen LogP contribution in [-0.4, -0.2) is 74.9 Å². The SMILES string of the molecule is O=S(=O)(O)O/N=C(/CCCc1ccccc1)S[C@H]1O[C@H](CO)[C@H](O)[C@@H](O)[C@H]1O. The standard InChI is InChI=1S/C16H23NO9S2/c18-9-11-13(19)14(20)15(21)16(25-11)27-12(17-26-28(22,23)24)8-4-7-10-5-2-1-3-6-10/h1-3,5-6,11,13-16,18-21H,4,7-9H2,(H,22,23,24)/b17-12-/t11-,13+,14-,15-,16-/m1/s1. The van der Waals surface area contributed by atoms with Gasteiger partial charge in [0.2, 0.25) is 0 Å². The first-order valence-corrected chi connectivity index (χ1v) is 10.7. The van der Waals surface area contributed by atoms with Gasteiger partial charge in [0.15, 0.2) is 0 Å². The molecule has 0 saturated carbocycles. The lowest BCUT2D eigenvalue weighted by Crippen LogP contribution is -2.57. The van der Waals surface area contributed by atoms with Gasteiger partial charge in [-0.3, -0.25) is 4.55 Å². The van der Waals surface area contributed by atoms with Crippen molar-refractivity contribution in [2.45, 2.75) is 49.1 Å². The molecule has 5 N–H and O–H groups in total. The second-order valence-corrected chi connectivity index (χ2v) is 8.32. The van der Waals surface area contributed by atoms with Gasteiger partial charge < -0.3 is 25.2 Å². The van der Waals surface area contributed by atoms with E-state index in [4.69, 9.17) is 9.29 Å². The average molecular weight is 437 g/mol. The fourth-order valence-electron chi connectivity index (χ4n) is 2.60. The minimum absolute atomic E-state index is 0.0814. The van der Waals surface area contributed by atoms with E-state index in [9.17, 15) is 28.8 Å². The van der Waals surface area contributed by atoms with E-state index in [-0.39, 0.29) is 11.5 Å².